The molecular formula is C20H17ClN6O2. The van der Waals surface area contributed by atoms with Crippen LogP contribution in [0.4, 0.5) is 5.69 Å². The fourth-order valence-electron chi connectivity index (χ4n) is 2.99. The van der Waals surface area contributed by atoms with Crippen LogP contribution in [0.1, 0.15) is 10.4 Å². The molecule has 0 atom stereocenters. The molecule has 1 N–H and O–H groups in total. The van der Waals surface area contributed by atoms with E-state index < -0.39 is 0 Å². The minimum Gasteiger partial charge on any atom is -0.496 e. The second-order valence-electron chi connectivity index (χ2n) is 6.26. The normalized spacial score (nSPS) is 10.7. The van der Waals surface area contributed by atoms with Gasteiger partial charge in [-0.2, -0.15) is 0 Å². The highest BCUT2D eigenvalue weighted by atomic mass is 35.5. The molecule has 0 aliphatic rings. The summed E-state index contributed by atoms with van der Waals surface area (Å²) in [6.07, 6.45) is 3.74. The minimum absolute atomic E-state index is 0.333. The van der Waals surface area contributed by atoms with Crippen molar-refractivity contribution in [2.75, 3.05) is 12.4 Å². The number of halogens is 1. The number of aromatic nitrogens is 5. The van der Waals surface area contributed by atoms with Gasteiger partial charge in [-0.25, -0.2) is 4.68 Å². The third-order valence-corrected chi connectivity index (χ3v) is 4.70. The number of methoxy groups -OCH3 is 1. The van der Waals surface area contributed by atoms with Gasteiger partial charge in [0.1, 0.15) is 5.75 Å². The van der Waals surface area contributed by atoms with Crippen molar-refractivity contribution >= 4 is 23.2 Å². The van der Waals surface area contributed by atoms with Gasteiger partial charge >= 0.3 is 0 Å². The summed E-state index contributed by atoms with van der Waals surface area (Å²) in [5.74, 6) is 0.679. The lowest BCUT2D eigenvalue weighted by atomic mass is 10.1. The lowest BCUT2D eigenvalue weighted by Crippen LogP contribution is -2.14. The largest absolute Gasteiger partial charge is 0.496 e. The Hall–Kier alpha value is -3.65. The van der Waals surface area contributed by atoms with E-state index in [9.17, 15) is 4.79 Å². The van der Waals surface area contributed by atoms with E-state index in [0.29, 0.717) is 27.8 Å². The molecule has 29 heavy (non-hydrogen) atoms. The zero-order chi connectivity index (χ0) is 20.4. The van der Waals surface area contributed by atoms with Crippen molar-refractivity contribution in [1.82, 2.24) is 24.8 Å². The molecule has 146 valence electrons. The molecule has 0 saturated heterocycles. The fourth-order valence-corrected chi connectivity index (χ4v) is 3.25. The molecule has 0 unspecified atom stereocenters. The second-order valence-corrected chi connectivity index (χ2v) is 6.66. The topological polar surface area (TPSA) is 86.9 Å². The number of anilines is 1. The van der Waals surface area contributed by atoms with Gasteiger partial charge < -0.3 is 14.6 Å². The van der Waals surface area contributed by atoms with Gasteiger partial charge in [0.05, 0.1) is 23.4 Å². The molecule has 8 nitrogen and oxygen atoms in total. The molecule has 0 fully saturated rings. The van der Waals surface area contributed by atoms with E-state index >= 15 is 0 Å². The van der Waals surface area contributed by atoms with Crippen molar-refractivity contribution < 1.29 is 9.53 Å². The van der Waals surface area contributed by atoms with Gasteiger partial charge in [-0.1, -0.05) is 23.7 Å². The predicted octanol–water partition coefficient (Wildman–Crippen LogP) is 3.58. The van der Waals surface area contributed by atoms with E-state index in [-0.39, 0.29) is 5.91 Å². The Morgan fingerprint density at radius 1 is 1.14 bits per heavy atom. The molecular weight excluding hydrogens is 392 g/mol. The summed E-state index contributed by atoms with van der Waals surface area (Å²) in [6, 6.07) is 14.4. The Bertz CT molecular complexity index is 1170. The van der Waals surface area contributed by atoms with Crippen LogP contribution in [0.3, 0.4) is 0 Å². The molecule has 2 heterocycles. The van der Waals surface area contributed by atoms with Gasteiger partial charge in [-0.3, -0.25) is 4.79 Å². The van der Waals surface area contributed by atoms with Crippen molar-refractivity contribution in [2.45, 2.75) is 0 Å². The van der Waals surface area contributed by atoms with Gasteiger partial charge in [0.15, 0.2) is 5.82 Å². The molecule has 2 aromatic heterocycles. The Labute approximate surface area is 171 Å². The number of nitrogens with zero attached hydrogens (tertiary/aromatic N) is 5. The monoisotopic (exact) mass is 408 g/mol. The average Bonchev–Trinajstić information content (AvgIpc) is 3.39. The van der Waals surface area contributed by atoms with Crippen molar-refractivity contribution in [3.05, 3.63) is 71.5 Å². The Morgan fingerprint density at radius 3 is 2.62 bits per heavy atom. The number of nitrogens with one attached hydrogen (secondary N) is 1. The zero-order valence-electron chi connectivity index (χ0n) is 15.7. The smallest absolute Gasteiger partial charge is 0.259 e. The lowest BCUT2D eigenvalue weighted by Gasteiger charge is -2.14. The number of hydrogen-bond donors (Lipinski definition) is 1. The van der Waals surface area contributed by atoms with Gasteiger partial charge in [-0.05, 0) is 40.8 Å². The van der Waals surface area contributed by atoms with Crippen LogP contribution < -0.4 is 10.1 Å². The highest BCUT2D eigenvalue weighted by Crippen LogP contribution is 2.31. The summed E-state index contributed by atoms with van der Waals surface area (Å²) in [5, 5.41) is 14.8. The molecule has 0 bridgehead atoms. The maximum absolute atomic E-state index is 12.9. The number of carbonyl (C=O) groups excluding carboxylic acids is 1. The summed E-state index contributed by atoms with van der Waals surface area (Å²) in [4.78, 5) is 12.9. The van der Waals surface area contributed by atoms with Gasteiger partial charge in [-0.15, -0.1) is 5.10 Å². The quantitative estimate of drug-likeness (QED) is 0.545. The molecule has 0 spiro atoms. The molecule has 1 amide bonds. The number of aryl methyl sites for hydroxylation is 1. The molecule has 0 aliphatic heterocycles. The summed E-state index contributed by atoms with van der Waals surface area (Å²) < 4.78 is 8.84. The number of rotatable bonds is 5. The van der Waals surface area contributed by atoms with E-state index in [1.54, 1.807) is 36.0 Å². The standard InChI is InChI=1S/C20H17ClN6O2/c1-26-19(23-24-25-26)13-6-5-7-14(10-13)22-20(28)15-11-16(21)17(12-18(15)29-2)27-8-3-4-9-27/h3-12H,1-2H3,(H,22,28). The number of amides is 1. The van der Waals surface area contributed by atoms with Gasteiger partial charge in [0.25, 0.3) is 5.91 Å². The van der Waals surface area contributed by atoms with Crippen LogP contribution in [0.2, 0.25) is 5.02 Å². The first-order valence-electron chi connectivity index (χ1n) is 8.72. The van der Waals surface area contributed by atoms with Gasteiger partial charge in [0, 0.05) is 36.8 Å². The third-order valence-electron chi connectivity index (χ3n) is 4.39. The molecule has 2 aromatic carbocycles. The highest BCUT2D eigenvalue weighted by molar-refractivity contribution is 6.33. The van der Waals surface area contributed by atoms with Crippen LogP contribution in [-0.4, -0.2) is 37.8 Å². The molecule has 0 aliphatic carbocycles. The minimum atomic E-state index is -0.337. The summed E-state index contributed by atoms with van der Waals surface area (Å²) in [5.41, 5.74) is 2.44. The van der Waals surface area contributed by atoms with Gasteiger partial charge in [0.2, 0.25) is 0 Å². The summed E-state index contributed by atoms with van der Waals surface area (Å²) >= 11 is 6.43. The zero-order valence-corrected chi connectivity index (χ0v) is 16.5. The lowest BCUT2D eigenvalue weighted by molar-refractivity contribution is 0.102. The first-order valence-corrected chi connectivity index (χ1v) is 9.09. The molecule has 9 heteroatoms. The second kappa shape index (κ2) is 7.76. The van der Waals surface area contributed by atoms with Crippen molar-refractivity contribution in [3.8, 4) is 22.8 Å². The first kappa shape index (κ1) is 18.7. The average molecular weight is 409 g/mol. The van der Waals surface area contributed by atoms with E-state index in [1.165, 1.54) is 7.11 Å². The summed E-state index contributed by atoms with van der Waals surface area (Å²) in [6.45, 7) is 0. The van der Waals surface area contributed by atoms with Crippen LogP contribution in [0.25, 0.3) is 17.1 Å². The van der Waals surface area contributed by atoms with E-state index in [0.717, 1.165) is 11.3 Å². The van der Waals surface area contributed by atoms with Crippen molar-refractivity contribution in [1.29, 1.82) is 0 Å². The Morgan fingerprint density at radius 2 is 1.93 bits per heavy atom. The van der Waals surface area contributed by atoms with E-state index in [1.807, 2.05) is 41.2 Å². The molecule has 0 radical (unpaired) electrons. The fraction of sp³-hybridized carbons (Fsp3) is 0.100. The number of hydrogen-bond acceptors (Lipinski definition) is 5. The Kier molecular flexibility index (Phi) is 5.01. The van der Waals surface area contributed by atoms with Crippen LogP contribution in [0, 0.1) is 0 Å². The maximum atomic E-state index is 12.9. The number of tetrazole rings is 1. The van der Waals surface area contributed by atoms with E-state index in [2.05, 4.69) is 20.8 Å². The Balaban J connectivity index is 1.64. The molecule has 4 rings (SSSR count). The van der Waals surface area contributed by atoms with Crippen LogP contribution in [-0.2, 0) is 7.05 Å². The number of carbonyl (C=O) groups is 1. The van der Waals surface area contributed by atoms with Crippen LogP contribution in [0.15, 0.2) is 60.9 Å². The highest BCUT2D eigenvalue weighted by Gasteiger charge is 2.17. The molecule has 0 saturated carbocycles. The SMILES string of the molecule is COc1cc(-n2cccc2)c(Cl)cc1C(=O)Nc1cccc(-c2nnnn2C)c1. The third kappa shape index (κ3) is 3.70. The molecule has 4 aromatic rings. The predicted molar refractivity (Wildman–Crippen MR) is 110 cm³/mol. The number of benzene rings is 2. The maximum Gasteiger partial charge on any atom is 0.259 e. The van der Waals surface area contributed by atoms with E-state index in [4.69, 9.17) is 16.3 Å². The van der Waals surface area contributed by atoms with Crippen molar-refractivity contribution in [3.63, 3.8) is 0 Å². The summed E-state index contributed by atoms with van der Waals surface area (Å²) in [7, 11) is 3.26. The number of ether oxygens (including phenoxy) is 1. The van der Waals surface area contributed by atoms with Crippen LogP contribution in [0.5, 0.6) is 5.75 Å². The van der Waals surface area contributed by atoms with Crippen molar-refractivity contribution in [2.24, 2.45) is 7.05 Å². The van der Waals surface area contributed by atoms with Crippen LogP contribution >= 0.6 is 11.6 Å². The first-order chi connectivity index (χ1) is 14.1.